The largest absolute Gasteiger partial charge is 0.454 e. The molecule has 1 heterocycles. The molecule has 6 N–H and O–H groups in total. The van der Waals surface area contributed by atoms with Crippen LogP contribution in [0.4, 0.5) is 0 Å². The van der Waals surface area contributed by atoms with Gasteiger partial charge in [0, 0.05) is 6.42 Å². The maximum Gasteiger partial charge on any atom is 0.306 e. The van der Waals surface area contributed by atoms with Gasteiger partial charge in [-0.1, -0.05) is 311 Å². The fourth-order valence-corrected chi connectivity index (χ4v) is 10.4. The fourth-order valence-electron chi connectivity index (χ4n) is 10.4. The van der Waals surface area contributed by atoms with Crippen molar-refractivity contribution in [1.29, 1.82) is 0 Å². The highest BCUT2D eigenvalue weighted by Gasteiger charge is 2.47. The van der Waals surface area contributed by atoms with Gasteiger partial charge in [0.05, 0.1) is 25.4 Å². The molecule has 1 saturated heterocycles. The van der Waals surface area contributed by atoms with Gasteiger partial charge in [0.2, 0.25) is 5.91 Å². The predicted octanol–water partition coefficient (Wildman–Crippen LogP) is 17.3. The molecule has 0 aromatic heterocycles. The summed E-state index contributed by atoms with van der Waals surface area (Å²) in [7, 11) is 0. The van der Waals surface area contributed by atoms with Crippen LogP contribution in [0, 0.1) is 0 Å². The molecular formula is C72H127NO10. The number of aliphatic hydroxyl groups excluding tert-OH is 5. The number of unbranched alkanes of at least 4 members (excludes halogenated alkanes) is 32. The lowest BCUT2D eigenvalue weighted by molar-refractivity contribution is -0.305. The number of rotatable bonds is 58. The van der Waals surface area contributed by atoms with E-state index >= 15 is 0 Å². The Morgan fingerprint density at radius 1 is 0.482 bits per heavy atom. The van der Waals surface area contributed by atoms with E-state index in [9.17, 15) is 35.1 Å². The van der Waals surface area contributed by atoms with Crippen LogP contribution in [0.1, 0.15) is 297 Å². The molecular weight excluding hydrogens is 1040 g/mol. The predicted molar refractivity (Wildman–Crippen MR) is 347 cm³/mol. The van der Waals surface area contributed by atoms with E-state index in [1.807, 2.05) is 18.2 Å². The highest BCUT2D eigenvalue weighted by atomic mass is 16.7. The van der Waals surface area contributed by atoms with E-state index in [0.29, 0.717) is 19.3 Å². The Kier molecular flexibility index (Phi) is 55.5. The van der Waals surface area contributed by atoms with Gasteiger partial charge >= 0.3 is 5.97 Å². The Morgan fingerprint density at radius 2 is 0.867 bits per heavy atom. The lowest BCUT2D eigenvalue weighted by Gasteiger charge is -2.41. The van der Waals surface area contributed by atoms with Gasteiger partial charge in [0.15, 0.2) is 12.4 Å². The highest BCUT2D eigenvalue weighted by Crippen LogP contribution is 2.26. The Balaban J connectivity index is 2.66. The molecule has 8 atom stereocenters. The lowest BCUT2D eigenvalue weighted by Crippen LogP contribution is -2.61. The van der Waals surface area contributed by atoms with Crippen molar-refractivity contribution >= 4 is 11.9 Å². The van der Waals surface area contributed by atoms with Crippen molar-refractivity contribution in [2.75, 3.05) is 13.2 Å². The van der Waals surface area contributed by atoms with Crippen molar-refractivity contribution in [1.82, 2.24) is 5.32 Å². The highest BCUT2D eigenvalue weighted by molar-refractivity contribution is 5.80. The van der Waals surface area contributed by atoms with Crippen LogP contribution < -0.4 is 5.32 Å². The summed E-state index contributed by atoms with van der Waals surface area (Å²) in [5.41, 5.74) is 0. The van der Waals surface area contributed by atoms with Crippen molar-refractivity contribution in [2.45, 2.75) is 346 Å². The second kappa shape index (κ2) is 59.2. The van der Waals surface area contributed by atoms with Crippen molar-refractivity contribution in [3.63, 3.8) is 0 Å². The molecule has 1 aliphatic heterocycles. The average Bonchev–Trinajstić information content (AvgIpc) is 3.58. The van der Waals surface area contributed by atoms with Crippen LogP contribution in [0.25, 0.3) is 0 Å². The number of hydrogen-bond donors (Lipinski definition) is 6. The van der Waals surface area contributed by atoms with E-state index in [4.69, 9.17) is 14.2 Å². The number of aliphatic hydroxyl groups is 5. The van der Waals surface area contributed by atoms with Gasteiger partial charge in [-0.2, -0.15) is 0 Å². The van der Waals surface area contributed by atoms with Gasteiger partial charge in [-0.05, 0) is 64.2 Å². The molecule has 0 radical (unpaired) electrons. The third-order valence-electron chi connectivity index (χ3n) is 15.8. The standard InChI is InChI=1S/C72H127NO10/c1-4-7-10-13-16-19-22-25-27-29-31-32-33-35-36-38-41-44-47-50-53-56-59-65(76)71(80)73-63(64(75)58-55-52-49-46-43-40-24-21-18-15-12-9-6-3)62-81-72-70(69(79)68(78)66(61-74)82-72)83-67(77)60-57-54-51-48-45-42-39-37-34-30-28-26-23-20-17-14-11-8-5-2/h8,11,17,20,26,28,34,37,42,45,51,54-55,58,63-66,68-70,72,74-76,78-79H,4-7,9-10,12-16,18-19,21-25,27,29-33,35-36,38-41,43-44,46-50,52-53,56-57,59-62H2,1-3H3,(H,73,80)/b11-8-,20-17-,28-26-,37-34-,45-42-,54-51-,58-55+. The summed E-state index contributed by atoms with van der Waals surface area (Å²) in [5, 5.41) is 57.1. The Hall–Kier alpha value is -3.16. The maximum atomic E-state index is 13.5. The topological polar surface area (TPSA) is 175 Å². The molecule has 0 aliphatic carbocycles. The quantitative estimate of drug-likeness (QED) is 0.0195. The molecule has 0 bridgehead atoms. The normalized spacial score (nSPS) is 19.1. The Labute approximate surface area is 508 Å². The average molecular weight is 1170 g/mol. The smallest absolute Gasteiger partial charge is 0.306 e. The number of carbonyl (C=O) groups is 2. The first-order valence-corrected chi connectivity index (χ1v) is 34.4. The third-order valence-corrected chi connectivity index (χ3v) is 15.8. The summed E-state index contributed by atoms with van der Waals surface area (Å²) < 4.78 is 17.6. The summed E-state index contributed by atoms with van der Waals surface area (Å²) in [6.07, 6.45) is 67.8. The summed E-state index contributed by atoms with van der Waals surface area (Å²) in [6, 6.07) is -1.04. The molecule has 480 valence electrons. The molecule has 83 heavy (non-hydrogen) atoms. The number of nitrogens with one attached hydrogen (secondary N) is 1. The van der Waals surface area contributed by atoms with Crippen LogP contribution in [0.2, 0.25) is 0 Å². The van der Waals surface area contributed by atoms with Crippen molar-refractivity contribution in [3.05, 3.63) is 85.1 Å². The van der Waals surface area contributed by atoms with Gasteiger partial charge in [-0.15, -0.1) is 0 Å². The second-order valence-electron chi connectivity index (χ2n) is 23.5. The van der Waals surface area contributed by atoms with Crippen LogP contribution in [-0.4, -0.2) is 99.6 Å². The Morgan fingerprint density at radius 3 is 1.28 bits per heavy atom. The van der Waals surface area contributed by atoms with E-state index in [2.05, 4.69) is 86.8 Å². The lowest BCUT2D eigenvalue weighted by atomic mass is 9.99. The van der Waals surface area contributed by atoms with E-state index < -0.39 is 67.4 Å². The van der Waals surface area contributed by atoms with E-state index in [-0.39, 0.29) is 19.4 Å². The van der Waals surface area contributed by atoms with Crippen molar-refractivity contribution < 1.29 is 49.3 Å². The summed E-state index contributed by atoms with van der Waals surface area (Å²) >= 11 is 0. The summed E-state index contributed by atoms with van der Waals surface area (Å²) in [5.74, 6) is -1.28. The van der Waals surface area contributed by atoms with Crippen molar-refractivity contribution in [3.8, 4) is 0 Å². The van der Waals surface area contributed by atoms with Crippen LogP contribution in [0.3, 0.4) is 0 Å². The molecule has 8 unspecified atom stereocenters. The fraction of sp³-hybridized carbons (Fsp3) is 0.778. The summed E-state index contributed by atoms with van der Waals surface area (Å²) in [6.45, 7) is 5.67. The Bertz CT molecular complexity index is 1670. The first-order valence-electron chi connectivity index (χ1n) is 34.4. The van der Waals surface area contributed by atoms with Gasteiger partial charge in [-0.25, -0.2) is 0 Å². The molecule has 0 saturated carbocycles. The molecule has 0 spiro atoms. The summed E-state index contributed by atoms with van der Waals surface area (Å²) in [4.78, 5) is 26.6. The molecule has 0 aromatic carbocycles. The molecule has 11 heteroatoms. The van der Waals surface area contributed by atoms with Crippen LogP contribution in [0.15, 0.2) is 85.1 Å². The van der Waals surface area contributed by atoms with Crippen LogP contribution >= 0.6 is 0 Å². The monoisotopic (exact) mass is 1170 g/mol. The number of esters is 1. The minimum Gasteiger partial charge on any atom is -0.454 e. The second-order valence-corrected chi connectivity index (χ2v) is 23.5. The van der Waals surface area contributed by atoms with Crippen LogP contribution in [0.5, 0.6) is 0 Å². The number of carbonyl (C=O) groups excluding carboxylic acids is 2. The van der Waals surface area contributed by atoms with Crippen molar-refractivity contribution in [2.24, 2.45) is 0 Å². The van der Waals surface area contributed by atoms with E-state index in [1.165, 1.54) is 173 Å². The minimum absolute atomic E-state index is 0.00355. The molecule has 1 amide bonds. The number of hydrogen-bond acceptors (Lipinski definition) is 10. The number of ether oxygens (including phenoxy) is 3. The SMILES string of the molecule is CC/C=C\C/C=C\C/C=C\C/C=C\C/C=C\C/C=C\CCC(=O)OC1C(OCC(NC(=O)C(O)CCCCCCCCCCCCCCCCCCCCCCCC)C(O)/C=C/CCCCCCCCCCCCC)OC(CO)C(O)C1O. The first kappa shape index (κ1) is 77.9. The first-order chi connectivity index (χ1) is 40.7. The zero-order valence-corrected chi connectivity index (χ0v) is 53.3. The van der Waals surface area contributed by atoms with E-state index in [0.717, 1.165) is 70.6 Å². The zero-order valence-electron chi connectivity index (χ0n) is 53.3. The maximum absolute atomic E-state index is 13.5. The number of amides is 1. The minimum atomic E-state index is -1.65. The van der Waals surface area contributed by atoms with Gasteiger partial charge in [0.25, 0.3) is 0 Å². The van der Waals surface area contributed by atoms with Gasteiger partial charge in [-0.3, -0.25) is 9.59 Å². The van der Waals surface area contributed by atoms with E-state index in [1.54, 1.807) is 6.08 Å². The molecule has 1 fully saturated rings. The van der Waals surface area contributed by atoms with Gasteiger partial charge in [0.1, 0.15) is 24.4 Å². The van der Waals surface area contributed by atoms with Gasteiger partial charge < -0.3 is 45.1 Å². The zero-order chi connectivity index (χ0) is 60.3. The molecule has 11 nitrogen and oxygen atoms in total. The molecule has 1 rings (SSSR count). The van der Waals surface area contributed by atoms with Crippen LogP contribution in [-0.2, 0) is 23.8 Å². The number of allylic oxidation sites excluding steroid dienone is 13. The molecule has 1 aliphatic rings. The third kappa shape index (κ3) is 46.7. The molecule has 0 aromatic rings.